The Labute approximate surface area is 148 Å². The minimum absolute atomic E-state index is 0.224. The minimum atomic E-state index is -0.349. The molecule has 0 atom stereocenters. The molecule has 0 aromatic carbocycles. The number of hydrogen-bond acceptors (Lipinski definition) is 7. The maximum atomic E-state index is 12.3. The molecule has 1 aliphatic heterocycles. The van der Waals surface area contributed by atoms with Gasteiger partial charge in [0.1, 0.15) is 5.82 Å². The quantitative estimate of drug-likeness (QED) is 0.774. The standard InChI is InChI=1S/C17H16N4O3S/c22-17(13-10-14(24-20-13)15-2-1-9-25-15)19-16-4-3-12(11-18-16)21-5-7-23-8-6-21/h1-4,9-11H,5-8H2,(H,18,19,22). The summed E-state index contributed by atoms with van der Waals surface area (Å²) in [6, 6.07) is 9.18. The highest BCUT2D eigenvalue weighted by Crippen LogP contribution is 2.25. The van der Waals surface area contributed by atoms with Crippen molar-refractivity contribution in [2.75, 3.05) is 36.5 Å². The molecule has 7 nitrogen and oxygen atoms in total. The van der Waals surface area contributed by atoms with Crippen LogP contribution in [0.2, 0.25) is 0 Å². The van der Waals surface area contributed by atoms with E-state index in [-0.39, 0.29) is 11.6 Å². The third-order valence-electron chi connectivity index (χ3n) is 3.87. The zero-order chi connectivity index (χ0) is 17.1. The van der Waals surface area contributed by atoms with Crippen LogP contribution < -0.4 is 10.2 Å². The third-order valence-corrected chi connectivity index (χ3v) is 4.76. The van der Waals surface area contributed by atoms with Gasteiger partial charge in [0.25, 0.3) is 5.91 Å². The van der Waals surface area contributed by atoms with Crippen LogP contribution in [0.15, 0.2) is 46.4 Å². The number of ether oxygens (including phenoxy) is 1. The molecule has 0 bridgehead atoms. The summed E-state index contributed by atoms with van der Waals surface area (Å²) in [5.74, 6) is 0.705. The van der Waals surface area contributed by atoms with Gasteiger partial charge in [0, 0.05) is 19.2 Å². The van der Waals surface area contributed by atoms with E-state index in [4.69, 9.17) is 9.26 Å². The topological polar surface area (TPSA) is 80.5 Å². The van der Waals surface area contributed by atoms with E-state index in [0.717, 1.165) is 36.9 Å². The summed E-state index contributed by atoms with van der Waals surface area (Å²) in [5.41, 5.74) is 1.24. The van der Waals surface area contributed by atoms with Gasteiger partial charge < -0.3 is 19.5 Å². The van der Waals surface area contributed by atoms with Crippen molar-refractivity contribution in [1.29, 1.82) is 0 Å². The molecule has 4 rings (SSSR count). The van der Waals surface area contributed by atoms with Gasteiger partial charge in [-0.1, -0.05) is 11.2 Å². The molecule has 0 radical (unpaired) electrons. The Kier molecular flexibility index (Phi) is 4.45. The molecule has 1 aliphatic rings. The highest BCUT2D eigenvalue weighted by molar-refractivity contribution is 7.13. The van der Waals surface area contributed by atoms with E-state index < -0.39 is 0 Å². The Hall–Kier alpha value is -2.71. The predicted molar refractivity (Wildman–Crippen MR) is 95.0 cm³/mol. The van der Waals surface area contributed by atoms with Gasteiger partial charge in [0.2, 0.25) is 0 Å². The van der Waals surface area contributed by atoms with Crippen LogP contribution in [0.1, 0.15) is 10.5 Å². The van der Waals surface area contributed by atoms with Gasteiger partial charge in [-0.25, -0.2) is 4.98 Å². The summed E-state index contributed by atoms with van der Waals surface area (Å²) in [4.78, 5) is 19.7. The number of nitrogens with zero attached hydrogens (tertiary/aromatic N) is 3. The van der Waals surface area contributed by atoms with Crippen molar-refractivity contribution in [1.82, 2.24) is 10.1 Å². The lowest BCUT2D eigenvalue weighted by Gasteiger charge is -2.28. The van der Waals surface area contributed by atoms with Gasteiger partial charge >= 0.3 is 0 Å². The third kappa shape index (κ3) is 3.54. The van der Waals surface area contributed by atoms with Crippen LogP contribution in [0.25, 0.3) is 10.6 Å². The fraction of sp³-hybridized carbons (Fsp3) is 0.235. The normalized spacial score (nSPS) is 14.5. The second-order valence-electron chi connectivity index (χ2n) is 5.51. The summed E-state index contributed by atoms with van der Waals surface area (Å²) in [6.07, 6.45) is 1.75. The van der Waals surface area contributed by atoms with Crippen LogP contribution in [0.4, 0.5) is 11.5 Å². The van der Waals surface area contributed by atoms with Gasteiger partial charge in [-0.15, -0.1) is 11.3 Å². The molecule has 0 aliphatic carbocycles. The lowest BCUT2D eigenvalue weighted by molar-refractivity contribution is 0.101. The van der Waals surface area contributed by atoms with Crippen LogP contribution in [-0.4, -0.2) is 42.4 Å². The number of morpholine rings is 1. The summed E-state index contributed by atoms with van der Waals surface area (Å²) >= 11 is 1.53. The molecule has 1 amide bonds. The Morgan fingerprint density at radius 2 is 2.12 bits per heavy atom. The van der Waals surface area contributed by atoms with E-state index in [1.54, 1.807) is 18.3 Å². The van der Waals surface area contributed by atoms with E-state index in [1.165, 1.54) is 11.3 Å². The largest absolute Gasteiger partial charge is 0.378 e. The minimum Gasteiger partial charge on any atom is -0.378 e. The fourth-order valence-electron chi connectivity index (χ4n) is 2.57. The van der Waals surface area contributed by atoms with Gasteiger partial charge in [-0.2, -0.15) is 0 Å². The van der Waals surface area contributed by atoms with Crippen LogP contribution >= 0.6 is 11.3 Å². The first kappa shape index (κ1) is 15.8. The van der Waals surface area contributed by atoms with Crippen molar-refractivity contribution in [2.24, 2.45) is 0 Å². The SMILES string of the molecule is O=C(Nc1ccc(N2CCOCC2)cn1)c1cc(-c2cccs2)on1. The Morgan fingerprint density at radius 3 is 2.84 bits per heavy atom. The van der Waals surface area contributed by atoms with Crippen molar-refractivity contribution in [3.8, 4) is 10.6 Å². The van der Waals surface area contributed by atoms with Crippen molar-refractivity contribution in [2.45, 2.75) is 0 Å². The molecule has 3 aromatic rings. The predicted octanol–water partition coefficient (Wildman–Crippen LogP) is 2.89. The smallest absolute Gasteiger partial charge is 0.279 e. The molecule has 8 heteroatoms. The van der Waals surface area contributed by atoms with Gasteiger partial charge in [-0.05, 0) is 23.6 Å². The van der Waals surface area contributed by atoms with Crippen LogP contribution in [0.5, 0.6) is 0 Å². The number of carbonyl (C=O) groups excluding carboxylic acids is 1. The van der Waals surface area contributed by atoms with Gasteiger partial charge in [-0.3, -0.25) is 4.79 Å². The number of amides is 1. The number of rotatable bonds is 4. The molecule has 1 N–H and O–H groups in total. The lowest BCUT2D eigenvalue weighted by Crippen LogP contribution is -2.36. The maximum absolute atomic E-state index is 12.3. The zero-order valence-electron chi connectivity index (χ0n) is 13.3. The van der Waals surface area contributed by atoms with Gasteiger partial charge in [0.05, 0.1) is 30.0 Å². The van der Waals surface area contributed by atoms with Crippen molar-refractivity contribution in [3.05, 3.63) is 47.6 Å². The highest BCUT2D eigenvalue weighted by atomic mass is 32.1. The average Bonchev–Trinajstić information content (AvgIpc) is 3.35. The summed E-state index contributed by atoms with van der Waals surface area (Å²) in [7, 11) is 0. The molecule has 0 spiro atoms. The first-order valence-electron chi connectivity index (χ1n) is 7.90. The van der Waals surface area contributed by atoms with E-state index in [2.05, 4.69) is 20.4 Å². The first-order chi connectivity index (χ1) is 12.3. The Morgan fingerprint density at radius 1 is 1.24 bits per heavy atom. The van der Waals surface area contributed by atoms with Crippen molar-refractivity contribution in [3.63, 3.8) is 0 Å². The van der Waals surface area contributed by atoms with Crippen LogP contribution in [-0.2, 0) is 4.74 Å². The van der Waals surface area contributed by atoms with E-state index >= 15 is 0 Å². The number of carbonyl (C=O) groups is 1. The molecule has 1 fully saturated rings. The maximum Gasteiger partial charge on any atom is 0.279 e. The Balaban J connectivity index is 1.42. The summed E-state index contributed by atoms with van der Waals surface area (Å²) in [6.45, 7) is 3.13. The lowest BCUT2D eigenvalue weighted by atomic mass is 10.3. The van der Waals surface area contributed by atoms with Crippen LogP contribution in [0.3, 0.4) is 0 Å². The molecule has 3 aromatic heterocycles. The number of anilines is 2. The summed E-state index contributed by atoms with van der Waals surface area (Å²) in [5, 5.41) is 8.51. The van der Waals surface area contributed by atoms with Crippen LogP contribution in [0, 0.1) is 0 Å². The Bertz CT molecular complexity index is 839. The molecule has 128 valence electrons. The second-order valence-corrected chi connectivity index (χ2v) is 6.46. The van der Waals surface area contributed by atoms with Crippen molar-refractivity contribution < 1.29 is 14.1 Å². The zero-order valence-corrected chi connectivity index (χ0v) is 14.2. The molecule has 0 unspecified atom stereocenters. The fourth-order valence-corrected chi connectivity index (χ4v) is 3.24. The van der Waals surface area contributed by atoms with Crippen molar-refractivity contribution >= 4 is 28.7 Å². The molecular weight excluding hydrogens is 340 g/mol. The number of aromatic nitrogens is 2. The van der Waals surface area contributed by atoms with E-state index in [0.29, 0.717) is 11.6 Å². The second kappa shape index (κ2) is 7.04. The number of pyridine rings is 1. The monoisotopic (exact) mass is 356 g/mol. The summed E-state index contributed by atoms with van der Waals surface area (Å²) < 4.78 is 10.6. The molecule has 4 heterocycles. The molecule has 25 heavy (non-hydrogen) atoms. The molecule has 1 saturated heterocycles. The average molecular weight is 356 g/mol. The van der Waals surface area contributed by atoms with E-state index in [1.807, 2.05) is 23.6 Å². The number of hydrogen-bond donors (Lipinski definition) is 1. The number of nitrogens with one attached hydrogen (secondary N) is 1. The molecule has 0 saturated carbocycles. The molecular formula is C17H16N4O3S. The number of thiophene rings is 1. The van der Waals surface area contributed by atoms with E-state index in [9.17, 15) is 4.79 Å². The first-order valence-corrected chi connectivity index (χ1v) is 8.78. The van der Waals surface area contributed by atoms with Gasteiger partial charge in [0.15, 0.2) is 11.5 Å². The highest BCUT2D eigenvalue weighted by Gasteiger charge is 2.16.